The lowest BCUT2D eigenvalue weighted by Gasteiger charge is -2.29. The highest BCUT2D eigenvalue weighted by Gasteiger charge is 2.17. The van der Waals surface area contributed by atoms with Gasteiger partial charge in [0.2, 0.25) is 0 Å². The van der Waals surface area contributed by atoms with Crippen LogP contribution in [0.4, 0.5) is 4.39 Å². The molecule has 1 N–H and O–H groups in total. The molecule has 3 heteroatoms. The first-order valence-corrected chi connectivity index (χ1v) is 7.45. The molecule has 1 aromatic rings. The summed E-state index contributed by atoms with van der Waals surface area (Å²) in [5.74, 6) is -0.103. The topological polar surface area (TPSA) is 15.3 Å². The van der Waals surface area contributed by atoms with Crippen molar-refractivity contribution in [2.24, 2.45) is 0 Å². The maximum Gasteiger partial charge on any atom is 0.128 e. The number of rotatable bonds is 4. The van der Waals surface area contributed by atoms with Gasteiger partial charge >= 0.3 is 0 Å². The summed E-state index contributed by atoms with van der Waals surface area (Å²) in [5, 5.41) is 3.26. The molecule has 0 aliphatic carbocycles. The SMILES string of the molecule is CNC(CN1CCCCCCC1)c1ccccc1F. The smallest absolute Gasteiger partial charge is 0.128 e. The van der Waals surface area contributed by atoms with Crippen molar-refractivity contribution in [2.45, 2.75) is 38.1 Å². The number of likely N-dealkylation sites (tertiary alicyclic amines) is 1. The molecule has 1 aromatic carbocycles. The van der Waals surface area contributed by atoms with Crippen molar-refractivity contribution in [3.05, 3.63) is 35.6 Å². The van der Waals surface area contributed by atoms with Gasteiger partial charge in [-0.15, -0.1) is 0 Å². The molecule has 0 saturated carbocycles. The van der Waals surface area contributed by atoms with Crippen LogP contribution in [0.3, 0.4) is 0 Å². The Balaban J connectivity index is 1.99. The minimum absolute atomic E-state index is 0.0839. The normalized spacial score (nSPS) is 19.7. The van der Waals surface area contributed by atoms with Crippen LogP contribution in [0.25, 0.3) is 0 Å². The number of likely N-dealkylation sites (N-methyl/N-ethyl adjacent to an activating group) is 1. The highest BCUT2D eigenvalue weighted by molar-refractivity contribution is 5.21. The lowest BCUT2D eigenvalue weighted by molar-refractivity contribution is 0.223. The maximum absolute atomic E-state index is 13.9. The largest absolute Gasteiger partial charge is 0.312 e. The number of halogens is 1. The van der Waals surface area contributed by atoms with Crippen LogP contribution in [0.2, 0.25) is 0 Å². The summed E-state index contributed by atoms with van der Waals surface area (Å²) in [5.41, 5.74) is 0.784. The van der Waals surface area contributed by atoms with Crippen molar-refractivity contribution in [3.8, 4) is 0 Å². The lowest BCUT2D eigenvalue weighted by Crippen LogP contribution is -2.36. The first-order chi connectivity index (χ1) is 9.31. The third-order valence-electron chi connectivity index (χ3n) is 4.02. The van der Waals surface area contributed by atoms with Crippen molar-refractivity contribution >= 4 is 0 Å². The van der Waals surface area contributed by atoms with E-state index in [1.54, 1.807) is 12.1 Å². The Hall–Kier alpha value is -0.930. The molecule has 106 valence electrons. The third kappa shape index (κ3) is 4.29. The third-order valence-corrected chi connectivity index (χ3v) is 4.02. The summed E-state index contributed by atoms with van der Waals surface area (Å²) < 4.78 is 13.9. The Morgan fingerprint density at radius 2 is 1.74 bits per heavy atom. The second-order valence-corrected chi connectivity index (χ2v) is 5.43. The van der Waals surface area contributed by atoms with Crippen LogP contribution < -0.4 is 5.32 Å². The average molecular weight is 264 g/mol. The molecule has 1 saturated heterocycles. The van der Waals surface area contributed by atoms with E-state index in [0.29, 0.717) is 0 Å². The highest BCUT2D eigenvalue weighted by Crippen LogP contribution is 2.19. The van der Waals surface area contributed by atoms with Crippen molar-refractivity contribution in [3.63, 3.8) is 0 Å². The number of benzene rings is 1. The van der Waals surface area contributed by atoms with E-state index in [0.717, 1.165) is 25.2 Å². The van der Waals surface area contributed by atoms with E-state index in [-0.39, 0.29) is 11.9 Å². The van der Waals surface area contributed by atoms with Crippen LogP contribution in [0.5, 0.6) is 0 Å². The minimum Gasteiger partial charge on any atom is -0.312 e. The van der Waals surface area contributed by atoms with Gasteiger partial charge in [0.1, 0.15) is 5.82 Å². The molecule has 1 aliphatic rings. The number of nitrogens with zero attached hydrogens (tertiary/aromatic N) is 1. The summed E-state index contributed by atoms with van der Waals surface area (Å²) in [7, 11) is 1.92. The molecule has 1 aliphatic heterocycles. The van der Waals surface area contributed by atoms with Gasteiger partial charge in [-0.2, -0.15) is 0 Å². The van der Waals surface area contributed by atoms with E-state index < -0.39 is 0 Å². The maximum atomic E-state index is 13.9. The molecule has 1 fully saturated rings. The van der Waals surface area contributed by atoms with Gasteiger partial charge in [-0.05, 0) is 39.0 Å². The molecule has 0 radical (unpaired) electrons. The fourth-order valence-electron chi connectivity index (χ4n) is 2.86. The quantitative estimate of drug-likeness (QED) is 0.897. The molecule has 1 unspecified atom stereocenters. The van der Waals surface area contributed by atoms with Gasteiger partial charge in [-0.1, -0.05) is 37.5 Å². The Morgan fingerprint density at radius 1 is 1.11 bits per heavy atom. The predicted octanol–water partition coefficient (Wildman–Crippen LogP) is 3.35. The van der Waals surface area contributed by atoms with E-state index >= 15 is 0 Å². The summed E-state index contributed by atoms with van der Waals surface area (Å²) in [4.78, 5) is 2.48. The first-order valence-electron chi connectivity index (χ1n) is 7.45. The van der Waals surface area contributed by atoms with Crippen LogP contribution in [0, 0.1) is 5.82 Å². The van der Waals surface area contributed by atoms with Crippen LogP contribution in [-0.2, 0) is 0 Å². The Bertz CT molecular complexity index is 373. The van der Waals surface area contributed by atoms with Crippen molar-refractivity contribution in [2.75, 3.05) is 26.7 Å². The number of nitrogens with one attached hydrogen (secondary N) is 1. The average Bonchev–Trinajstić information content (AvgIpc) is 2.39. The van der Waals surface area contributed by atoms with Crippen LogP contribution >= 0.6 is 0 Å². The van der Waals surface area contributed by atoms with E-state index in [1.165, 1.54) is 32.1 Å². The molecule has 2 rings (SSSR count). The molecular weight excluding hydrogens is 239 g/mol. The van der Waals surface area contributed by atoms with Crippen LogP contribution in [0.15, 0.2) is 24.3 Å². The van der Waals surface area contributed by atoms with Gasteiger partial charge in [-0.3, -0.25) is 0 Å². The molecular formula is C16H25FN2. The van der Waals surface area contributed by atoms with Crippen LogP contribution in [0.1, 0.15) is 43.7 Å². The fraction of sp³-hybridized carbons (Fsp3) is 0.625. The molecule has 1 atom stereocenters. The molecule has 19 heavy (non-hydrogen) atoms. The molecule has 0 spiro atoms. The van der Waals surface area contributed by atoms with E-state index in [9.17, 15) is 4.39 Å². The lowest BCUT2D eigenvalue weighted by atomic mass is 10.0. The number of hydrogen-bond donors (Lipinski definition) is 1. The molecule has 0 bridgehead atoms. The summed E-state index contributed by atoms with van der Waals surface area (Å²) in [6.45, 7) is 3.19. The fourth-order valence-corrected chi connectivity index (χ4v) is 2.86. The Labute approximate surface area is 116 Å². The predicted molar refractivity (Wildman–Crippen MR) is 77.7 cm³/mol. The zero-order valence-electron chi connectivity index (χ0n) is 11.9. The number of hydrogen-bond acceptors (Lipinski definition) is 2. The minimum atomic E-state index is -0.103. The van der Waals surface area contributed by atoms with Gasteiger partial charge in [0.25, 0.3) is 0 Å². The standard InChI is InChI=1S/C16H25FN2/c1-18-16(14-9-5-6-10-15(14)17)13-19-11-7-3-2-4-8-12-19/h5-6,9-10,16,18H,2-4,7-8,11-13H2,1H3. The van der Waals surface area contributed by atoms with Gasteiger partial charge in [0.15, 0.2) is 0 Å². The first kappa shape index (κ1) is 14.5. The van der Waals surface area contributed by atoms with E-state index in [2.05, 4.69) is 10.2 Å². The highest BCUT2D eigenvalue weighted by atomic mass is 19.1. The second-order valence-electron chi connectivity index (χ2n) is 5.43. The second kappa shape index (κ2) is 7.61. The summed E-state index contributed by atoms with van der Waals surface area (Å²) >= 11 is 0. The van der Waals surface area contributed by atoms with Crippen molar-refractivity contribution < 1.29 is 4.39 Å². The van der Waals surface area contributed by atoms with E-state index in [4.69, 9.17) is 0 Å². The molecule has 0 aromatic heterocycles. The Kier molecular flexibility index (Phi) is 5.80. The summed E-state index contributed by atoms with van der Waals surface area (Å²) in [6, 6.07) is 7.19. The van der Waals surface area contributed by atoms with Gasteiger partial charge in [0, 0.05) is 18.2 Å². The zero-order chi connectivity index (χ0) is 13.5. The monoisotopic (exact) mass is 264 g/mol. The molecule has 1 heterocycles. The van der Waals surface area contributed by atoms with E-state index in [1.807, 2.05) is 19.2 Å². The van der Waals surface area contributed by atoms with Crippen molar-refractivity contribution in [1.29, 1.82) is 0 Å². The zero-order valence-corrected chi connectivity index (χ0v) is 11.9. The van der Waals surface area contributed by atoms with Crippen LogP contribution in [-0.4, -0.2) is 31.6 Å². The van der Waals surface area contributed by atoms with Crippen molar-refractivity contribution in [1.82, 2.24) is 10.2 Å². The summed E-state index contributed by atoms with van der Waals surface area (Å²) in [6.07, 6.45) is 6.58. The van der Waals surface area contributed by atoms with Gasteiger partial charge in [0.05, 0.1) is 0 Å². The van der Waals surface area contributed by atoms with Gasteiger partial charge in [-0.25, -0.2) is 4.39 Å². The molecule has 0 amide bonds. The Morgan fingerprint density at radius 3 is 2.37 bits per heavy atom. The molecule has 2 nitrogen and oxygen atoms in total. The van der Waals surface area contributed by atoms with Gasteiger partial charge < -0.3 is 10.2 Å².